The zero-order chi connectivity index (χ0) is 12.8. The van der Waals surface area contributed by atoms with Gasteiger partial charge in [0.1, 0.15) is 5.75 Å². The highest BCUT2D eigenvalue weighted by molar-refractivity contribution is 5.99. The molecule has 0 spiro atoms. The number of urea groups is 1. The van der Waals surface area contributed by atoms with Gasteiger partial charge in [0.15, 0.2) is 0 Å². The molecule has 0 radical (unpaired) electrons. The second-order valence-electron chi connectivity index (χ2n) is 3.67. The SMILES string of the molecule is COc1ccc(NC(=O)Nc2ccccc2)cc1. The van der Waals surface area contributed by atoms with Gasteiger partial charge in [-0.3, -0.25) is 0 Å². The Morgan fingerprint density at radius 2 is 1.44 bits per heavy atom. The highest BCUT2D eigenvalue weighted by atomic mass is 16.5. The van der Waals surface area contributed by atoms with Crippen LogP contribution >= 0.6 is 0 Å². The van der Waals surface area contributed by atoms with Gasteiger partial charge in [0, 0.05) is 11.4 Å². The Labute approximate surface area is 106 Å². The van der Waals surface area contributed by atoms with E-state index in [1.807, 2.05) is 30.3 Å². The van der Waals surface area contributed by atoms with Crippen LogP contribution in [0.3, 0.4) is 0 Å². The quantitative estimate of drug-likeness (QED) is 0.867. The normalized spacial score (nSPS) is 9.61. The van der Waals surface area contributed by atoms with E-state index in [1.165, 1.54) is 0 Å². The van der Waals surface area contributed by atoms with E-state index in [0.717, 1.165) is 11.4 Å². The van der Waals surface area contributed by atoms with E-state index >= 15 is 0 Å². The van der Waals surface area contributed by atoms with Crippen LogP contribution in [0.4, 0.5) is 16.2 Å². The van der Waals surface area contributed by atoms with Crippen LogP contribution < -0.4 is 15.4 Å². The standard InChI is InChI=1S/C14H14N2O2/c1-18-13-9-7-12(8-10-13)16-14(17)15-11-5-3-2-4-6-11/h2-10H,1H3,(H2,15,16,17). The first-order valence-electron chi connectivity index (χ1n) is 5.55. The lowest BCUT2D eigenvalue weighted by molar-refractivity contribution is 0.262. The fourth-order valence-electron chi connectivity index (χ4n) is 1.49. The number of rotatable bonds is 3. The van der Waals surface area contributed by atoms with Gasteiger partial charge in [-0.25, -0.2) is 4.79 Å². The minimum Gasteiger partial charge on any atom is -0.497 e. The fourth-order valence-corrected chi connectivity index (χ4v) is 1.49. The molecule has 18 heavy (non-hydrogen) atoms. The lowest BCUT2D eigenvalue weighted by Crippen LogP contribution is -2.19. The number of hydrogen-bond acceptors (Lipinski definition) is 2. The molecule has 2 rings (SSSR count). The molecule has 2 aromatic carbocycles. The van der Waals surface area contributed by atoms with Crippen molar-refractivity contribution in [3.05, 3.63) is 54.6 Å². The van der Waals surface area contributed by atoms with Crippen molar-refractivity contribution < 1.29 is 9.53 Å². The lowest BCUT2D eigenvalue weighted by atomic mass is 10.3. The topological polar surface area (TPSA) is 50.4 Å². The van der Waals surface area contributed by atoms with Crippen LogP contribution in [0.2, 0.25) is 0 Å². The Morgan fingerprint density at radius 1 is 0.889 bits per heavy atom. The van der Waals surface area contributed by atoms with Crippen molar-refractivity contribution in [1.29, 1.82) is 0 Å². The molecule has 92 valence electrons. The van der Waals surface area contributed by atoms with Crippen molar-refractivity contribution in [3.8, 4) is 5.75 Å². The Hall–Kier alpha value is -2.49. The molecule has 2 aromatic rings. The Balaban J connectivity index is 1.94. The molecule has 2 N–H and O–H groups in total. The van der Waals surface area contributed by atoms with Crippen molar-refractivity contribution in [1.82, 2.24) is 0 Å². The summed E-state index contributed by atoms with van der Waals surface area (Å²) < 4.78 is 5.04. The average molecular weight is 242 g/mol. The van der Waals surface area contributed by atoms with E-state index in [1.54, 1.807) is 31.4 Å². The number of hydrogen-bond donors (Lipinski definition) is 2. The van der Waals surface area contributed by atoms with Gasteiger partial charge in [0.05, 0.1) is 7.11 Å². The molecule has 0 unspecified atom stereocenters. The first-order valence-corrected chi connectivity index (χ1v) is 5.55. The molecular weight excluding hydrogens is 228 g/mol. The van der Waals surface area contributed by atoms with Crippen LogP contribution in [0, 0.1) is 0 Å². The highest BCUT2D eigenvalue weighted by Crippen LogP contribution is 2.15. The minimum absolute atomic E-state index is 0.272. The molecule has 4 heteroatoms. The molecule has 0 saturated heterocycles. The monoisotopic (exact) mass is 242 g/mol. The molecule has 0 heterocycles. The summed E-state index contributed by atoms with van der Waals surface area (Å²) in [4.78, 5) is 11.7. The largest absolute Gasteiger partial charge is 0.497 e. The van der Waals surface area contributed by atoms with E-state index in [4.69, 9.17) is 4.74 Å². The van der Waals surface area contributed by atoms with Gasteiger partial charge in [-0.2, -0.15) is 0 Å². The van der Waals surface area contributed by atoms with Crippen molar-refractivity contribution >= 4 is 17.4 Å². The molecule has 0 aliphatic heterocycles. The number of para-hydroxylation sites is 1. The summed E-state index contributed by atoms with van der Waals surface area (Å²) in [6.07, 6.45) is 0. The third-order valence-corrected chi connectivity index (χ3v) is 2.38. The van der Waals surface area contributed by atoms with Crippen molar-refractivity contribution in [2.24, 2.45) is 0 Å². The van der Waals surface area contributed by atoms with Crippen LogP contribution in [-0.2, 0) is 0 Å². The zero-order valence-corrected chi connectivity index (χ0v) is 10.0. The summed E-state index contributed by atoms with van der Waals surface area (Å²) in [5.74, 6) is 0.754. The summed E-state index contributed by atoms with van der Waals surface area (Å²) in [6.45, 7) is 0. The van der Waals surface area contributed by atoms with Crippen LogP contribution in [0.1, 0.15) is 0 Å². The second kappa shape index (κ2) is 5.72. The van der Waals surface area contributed by atoms with Gasteiger partial charge in [0.2, 0.25) is 0 Å². The van der Waals surface area contributed by atoms with Crippen LogP contribution in [-0.4, -0.2) is 13.1 Å². The minimum atomic E-state index is -0.272. The number of anilines is 2. The molecule has 0 aliphatic carbocycles. The van der Waals surface area contributed by atoms with E-state index in [2.05, 4.69) is 10.6 Å². The number of carbonyl (C=O) groups is 1. The Morgan fingerprint density at radius 3 is 2.00 bits per heavy atom. The number of benzene rings is 2. The summed E-state index contributed by atoms with van der Waals surface area (Å²) in [6, 6.07) is 16.1. The van der Waals surface area contributed by atoms with Gasteiger partial charge < -0.3 is 15.4 Å². The third kappa shape index (κ3) is 3.25. The number of nitrogens with one attached hydrogen (secondary N) is 2. The van der Waals surface area contributed by atoms with Gasteiger partial charge in [-0.1, -0.05) is 18.2 Å². The van der Waals surface area contributed by atoms with Crippen LogP contribution in [0.15, 0.2) is 54.6 Å². The molecule has 0 atom stereocenters. The van der Waals surface area contributed by atoms with Crippen molar-refractivity contribution in [2.45, 2.75) is 0 Å². The highest BCUT2D eigenvalue weighted by Gasteiger charge is 2.02. The molecule has 4 nitrogen and oxygen atoms in total. The first kappa shape index (κ1) is 12.0. The number of ether oxygens (including phenoxy) is 1. The molecule has 0 fully saturated rings. The summed E-state index contributed by atoms with van der Waals surface area (Å²) >= 11 is 0. The van der Waals surface area contributed by atoms with Crippen molar-refractivity contribution in [3.63, 3.8) is 0 Å². The molecule has 0 bridgehead atoms. The van der Waals surface area contributed by atoms with E-state index in [-0.39, 0.29) is 6.03 Å². The number of methoxy groups -OCH3 is 1. The summed E-state index contributed by atoms with van der Waals surface area (Å²) in [5.41, 5.74) is 1.47. The molecule has 2 amide bonds. The second-order valence-corrected chi connectivity index (χ2v) is 3.67. The van der Waals surface area contributed by atoms with E-state index in [0.29, 0.717) is 5.69 Å². The van der Waals surface area contributed by atoms with E-state index in [9.17, 15) is 4.79 Å². The van der Waals surface area contributed by atoms with Gasteiger partial charge >= 0.3 is 6.03 Å². The number of carbonyl (C=O) groups excluding carboxylic acids is 1. The maximum Gasteiger partial charge on any atom is 0.323 e. The summed E-state index contributed by atoms with van der Waals surface area (Å²) in [7, 11) is 1.60. The van der Waals surface area contributed by atoms with Gasteiger partial charge in [-0.15, -0.1) is 0 Å². The maximum atomic E-state index is 11.7. The van der Waals surface area contributed by atoms with Crippen LogP contribution in [0.5, 0.6) is 5.75 Å². The van der Waals surface area contributed by atoms with Crippen molar-refractivity contribution in [2.75, 3.05) is 17.7 Å². The Bertz CT molecular complexity index is 509. The predicted molar refractivity (Wildman–Crippen MR) is 72.1 cm³/mol. The lowest BCUT2D eigenvalue weighted by Gasteiger charge is -2.08. The summed E-state index contributed by atoms with van der Waals surface area (Å²) in [5, 5.41) is 5.47. The smallest absolute Gasteiger partial charge is 0.323 e. The third-order valence-electron chi connectivity index (χ3n) is 2.38. The zero-order valence-electron chi connectivity index (χ0n) is 10.0. The molecule has 0 aromatic heterocycles. The van der Waals surface area contributed by atoms with Gasteiger partial charge in [0.25, 0.3) is 0 Å². The molecule has 0 aliphatic rings. The molecular formula is C14H14N2O2. The van der Waals surface area contributed by atoms with E-state index < -0.39 is 0 Å². The fraction of sp³-hybridized carbons (Fsp3) is 0.0714. The number of amides is 2. The Kier molecular flexibility index (Phi) is 3.81. The predicted octanol–water partition coefficient (Wildman–Crippen LogP) is 3.34. The van der Waals surface area contributed by atoms with Crippen LogP contribution in [0.25, 0.3) is 0 Å². The average Bonchev–Trinajstić information content (AvgIpc) is 2.40. The maximum absolute atomic E-state index is 11.7. The molecule has 0 saturated carbocycles. The van der Waals surface area contributed by atoms with Gasteiger partial charge in [-0.05, 0) is 36.4 Å². The first-order chi connectivity index (χ1) is 8.78.